The number of piperidine rings is 1. The van der Waals surface area contributed by atoms with Gasteiger partial charge >= 0.3 is 0 Å². The van der Waals surface area contributed by atoms with E-state index >= 15 is 0 Å². The van der Waals surface area contributed by atoms with Gasteiger partial charge in [-0.25, -0.2) is 0 Å². The summed E-state index contributed by atoms with van der Waals surface area (Å²) in [6.45, 7) is 4.29. The van der Waals surface area contributed by atoms with E-state index in [9.17, 15) is 9.59 Å². The van der Waals surface area contributed by atoms with Crippen molar-refractivity contribution in [2.45, 2.75) is 19.8 Å². The van der Waals surface area contributed by atoms with E-state index in [1.807, 2.05) is 11.8 Å². The van der Waals surface area contributed by atoms with Crippen LogP contribution in [0.4, 0.5) is 0 Å². The van der Waals surface area contributed by atoms with Crippen LogP contribution >= 0.6 is 0 Å². The average molecular weight is 306 g/mol. The van der Waals surface area contributed by atoms with Crippen LogP contribution in [0.15, 0.2) is 16.7 Å². The lowest BCUT2D eigenvalue weighted by Gasteiger charge is -2.41. The Kier molecular flexibility index (Phi) is 3.95. The lowest BCUT2D eigenvalue weighted by atomic mass is 9.71. The van der Waals surface area contributed by atoms with E-state index in [1.54, 1.807) is 19.4 Å². The average Bonchev–Trinajstić information content (AvgIpc) is 3.07. The summed E-state index contributed by atoms with van der Waals surface area (Å²) in [5.74, 6) is 0.326. The summed E-state index contributed by atoms with van der Waals surface area (Å²) < 4.78 is 10.5. The molecule has 0 bridgehead atoms. The van der Waals surface area contributed by atoms with Crippen molar-refractivity contribution in [2.75, 3.05) is 33.4 Å². The summed E-state index contributed by atoms with van der Waals surface area (Å²) in [6.07, 6.45) is 3.17. The van der Waals surface area contributed by atoms with Gasteiger partial charge in [0.2, 0.25) is 5.91 Å². The Balaban J connectivity index is 1.69. The molecule has 1 atom stereocenters. The fourth-order valence-electron chi connectivity index (χ4n) is 3.62. The van der Waals surface area contributed by atoms with E-state index in [0.29, 0.717) is 32.0 Å². The number of carbonyl (C=O) groups is 2. The lowest BCUT2D eigenvalue weighted by molar-refractivity contribution is -0.126. The SMILES string of the molecule is COCC1C(=O)NCC12CCN(C(=O)c1occc1C)CC2. The Hall–Kier alpha value is -1.82. The van der Waals surface area contributed by atoms with Crippen molar-refractivity contribution in [2.24, 2.45) is 11.3 Å². The second-order valence-electron chi connectivity index (χ2n) is 6.31. The maximum atomic E-state index is 12.5. The summed E-state index contributed by atoms with van der Waals surface area (Å²) in [4.78, 5) is 26.3. The van der Waals surface area contributed by atoms with E-state index in [1.165, 1.54) is 0 Å². The number of nitrogens with zero attached hydrogens (tertiary/aromatic N) is 1. The predicted octanol–water partition coefficient (Wildman–Crippen LogP) is 1.20. The highest BCUT2D eigenvalue weighted by Crippen LogP contribution is 2.42. The number of ether oxygens (including phenoxy) is 1. The van der Waals surface area contributed by atoms with Gasteiger partial charge in [0.1, 0.15) is 0 Å². The number of hydrogen-bond donors (Lipinski definition) is 1. The molecule has 120 valence electrons. The first-order valence-electron chi connectivity index (χ1n) is 7.67. The summed E-state index contributed by atoms with van der Waals surface area (Å²) in [5, 5.41) is 2.95. The minimum atomic E-state index is -0.111. The summed E-state index contributed by atoms with van der Waals surface area (Å²) in [5.41, 5.74) is 0.780. The second-order valence-corrected chi connectivity index (χ2v) is 6.31. The number of nitrogens with one attached hydrogen (secondary N) is 1. The molecule has 2 amide bonds. The Morgan fingerprint density at radius 2 is 2.23 bits per heavy atom. The standard InChI is InChI=1S/C16H22N2O4/c1-11-3-8-22-13(11)15(20)18-6-4-16(5-7-18)10-17-14(19)12(16)9-21-2/h3,8,12H,4-7,9-10H2,1-2H3,(H,17,19). The minimum absolute atomic E-state index is 0.0575. The smallest absolute Gasteiger partial charge is 0.289 e. The van der Waals surface area contributed by atoms with E-state index in [0.717, 1.165) is 18.4 Å². The zero-order valence-electron chi connectivity index (χ0n) is 13.1. The van der Waals surface area contributed by atoms with Gasteiger partial charge in [-0.3, -0.25) is 9.59 Å². The zero-order valence-corrected chi connectivity index (χ0v) is 13.1. The number of methoxy groups -OCH3 is 1. The van der Waals surface area contributed by atoms with Gasteiger partial charge in [0.05, 0.1) is 18.8 Å². The first-order valence-corrected chi connectivity index (χ1v) is 7.67. The third-order valence-electron chi connectivity index (χ3n) is 5.11. The minimum Gasteiger partial charge on any atom is -0.459 e. The van der Waals surface area contributed by atoms with Crippen molar-refractivity contribution < 1.29 is 18.7 Å². The molecule has 3 heterocycles. The fourth-order valence-corrected chi connectivity index (χ4v) is 3.62. The van der Waals surface area contributed by atoms with Crippen molar-refractivity contribution in [3.05, 3.63) is 23.7 Å². The number of rotatable bonds is 3. The molecule has 1 spiro atoms. The molecule has 6 heteroatoms. The van der Waals surface area contributed by atoms with Crippen molar-refractivity contribution in [3.8, 4) is 0 Å². The largest absolute Gasteiger partial charge is 0.459 e. The van der Waals surface area contributed by atoms with E-state index in [-0.39, 0.29) is 23.1 Å². The van der Waals surface area contributed by atoms with Crippen LogP contribution in [0.5, 0.6) is 0 Å². The maximum Gasteiger partial charge on any atom is 0.289 e. The van der Waals surface area contributed by atoms with Crippen molar-refractivity contribution in [1.82, 2.24) is 10.2 Å². The first-order chi connectivity index (χ1) is 10.6. The first kappa shape index (κ1) is 15.1. The topological polar surface area (TPSA) is 71.8 Å². The Bertz CT molecular complexity index is 572. The molecule has 2 fully saturated rings. The molecule has 6 nitrogen and oxygen atoms in total. The van der Waals surface area contributed by atoms with Crippen molar-refractivity contribution >= 4 is 11.8 Å². The Labute approximate surface area is 129 Å². The lowest BCUT2D eigenvalue weighted by Crippen LogP contribution is -2.47. The molecular formula is C16H22N2O4. The number of likely N-dealkylation sites (tertiary alicyclic amines) is 1. The van der Waals surface area contributed by atoms with Crippen molar-refractivity contribution in [3.63, 3.8) is 0 Å². The van der Waals surface area contributed by atoms with Crippen molar-refractivity contribution in [1.29, 1.82) is 0 Å². The van der Waals surface area contributed by atoms with Gasteiger partial charge in [-0.05, 0) is 25.8 Å². The highest BCUT2D eigenvalue weighted by atomic mass is 16.5. The molecule has 0 saturated carbocycles. The quantitative estimate of drug-likeness (QED) is 0.911. The third kappa shape index (κ3) is 2.41. The number of furan rings is 1. The van der Waals surface area contributed by atoms with Crippen LogP contribution in [0, 0.1) is 18.3 Å². The molecule has 1 N–H and O–H groups in total. The summed E-state index contributed by atoms with van der Waals surface area (Å²) in [7, 11) is 1.62. The summed E-state index contributed by atoms with van der Waals surface area (Å²) in [6, 6.07) is 1.80. The Morgan fingerprint density at radius 3 is 2.82 bits per heavy atom. The number of aryl methyl sites for hydroxylation is 1. The van der Waals surface area contributed by atoms with Gasteiger partial charge in [0.25, 0.3) is 5.91 Å². The molecule has 0 aromatic carbocycles. The Morgan fingerprint density at radius 1 is 1.50 bits per heavy atom. The second kappa shape index (κ2) is 5.76. The summed E-state index contributed by atoms with van der Waals surface area (Å²) >= 11 is 0. The van der Waals surface area contributed by atoms with Gasteiger partial charge in [0, 0.05) is 37.7 Å². The number of carbonyl (C=O) groups excluding carboxylic acids is 2. The van der Waals surface area contributed by atoms with Gasteiger partial charge in [-0.15, -0.1) is 0 Å². The molecule has 1 aromatic heterocycles. The molecule has 0 radical (unpaired) electrons. The molecule has 2 saturated heterocycles. The van der Waals surface area contributed by atoms with Crippen LogP contribution < -0.4 is 5.32 Å². The highest BCUT2D eigenvalue weighted by molar-refractivity contribution is 5.93. The molecular weight excluding hydrogens is 284 g/mol. The molecule has 3 rings (SSSR count). The van der Waals surface area contributed by atoms with Crippen LogP contribution in [-0.4, -0.2) is 50.1 Å². The molecule has 22 heavy (non-hydrogen) atoms. The van der Waals surface area contributed by atoms with Gasteiger partial charge in [-0.2, -0.15) is 0 Å². The maximum absolute atomic E-state index is 12.5. The van der Waals surface area contributed by atoms with Gasteiger partial charge in [-0.1, -0.05) is 0 Å². The molecule has 2 aliphatic rings. The van der Waals surface area contributed by atoms with Gasteiger partial charge in [0.15, 0.2) is 5.76 Å². The van der Waals surface area contributed by atoms with E-state index < -0.39 is 0 Å². The van der Waals surface area contributed by atoms with Crippen LogP contribution in [0.3, 0.4) is 0 Å². The van der Waals surface area contributed by atoms with E-state index in [2.05, 4.69) is 5.32 Å². The molecule has 1 aromatic rings. The van der Waals surface area contributed by atoms with Crippen LogP contribution in [0.25, 0.3) is 0 Å². The van der Waals surface area contributed by atoms with E-state index in [4.69, 9.17) is 9.15 Å². The van der Waals surface area contributed by atoms with Crippen LogP contribution in [0.2, 0.25) is 0 Å². The molecule has 0 aliphatic carbocycles. The molecule has 2 aliphatic heterocycles. The monoisotopic (exact) mass is 306 g/mol. The molecule has 1 unspecified atom stereocenters. The normalized spacial score (nSPS) is 23.8. The van der Waals surface area contributed by atoms with Crippen LogP contribution in [0.1, 0.15) is 29.0 Å². The fraction of sp³-hybridized carbons (Fsp3) is 0.625. The number of hydrogen-bond acceptors (Lipinski definition) is 4. The zero-order chi connectivity index (χ0) is 15.7. The highest BCUT2D eigenvalue weighted by Gasteiger charge is 2.50. The predicted molar refractivity (Wildman–Crippen MR) is 79.4 cm³/mol. The van der Waals surface area contributed by atoms with Gasteiger partial charge < -0.3 is 19.4 Å². The third-order valence-corrected chi connectivity index (χ3v) is 5.11. The van der Waals surface area contributed by atoms with Crippen LogP contribution in [-0.2, 0) is 9.53 Å². The number of amides is 2.